The average Bonchev–Trinajstić information content (AvgIpc) is 2.34. The van der Waals surface area contributed by atoms with Gasteiger partial charge in [0.05, 0.1) is 19.1 Å². The zero-order valence-electron chi connectivity index (χ0n) is 12.1. The van der Waals surface area contributed by atoms with Crippen molar-refractivity contribution in [1.29, 1.82) is 0 Å². The van der Waals surface area contributed by atoms with Gasteiger partial charge in [0.25, 0.3) is 0 Å². The van der Waals surface area contributed by atoms with Gasteiger partial charge in [0.1, 0.15) is 0 Å². The molecule has 0 radical (unpaired) electrons. The van der Waals surface area contributed by atoms with Gasteiger partial charge in [-0.3, -0.25) is 14.4 Å². The van der Waals surface area contributed by atoms with Crippen LogP contribution in [0.1, 0.15) is 20.3 Å². The molecule has 7 heteroatoms. The highest BCUT2D eigenvalue weighted by Gasteiger charge is 2.42. The average molecular weight is 286 g/mol. The van der Waals surface area contributed by atoms with Crippen molar-refractivity contribution >= 4 is 17.8 Å². The fourth-order valence-electron chi connectivity index (χ4n) is 2.60. The van der Waals surface area contributed by atoms with Crippen LogP contribution in [0.3, 0.4) is 0 Å². The molecular weight excluding hydrogens is 264 g/mol. The highest BCUT2D eigenvalue weighted by atomic mass is 16.5. The minimum atomic E-state index is -0.928. The molecule has 114 valence electrons. The van der Waals surface area contributed by atoms with E-state index in [9.17, 15) is 19.5 Å². The number of ether oxygens (including phenoxy) is 1. The number of nitrogens with zero attached hydrogens (tertiary/aromatic N) is 1. The molecule has 1 fully saturated rings. The van der Waals surface area contributed by atoms with Crippen LogP contribution in [-0.4, -0.2) is 60.6 Å². The van der Waals surface area contributed by atoms with Crippen molar-refractivity contribution in [3.63, 3.8) is 0 Å². The Balaban J connectivity index is 2.65. The number of hydrogen-bond donors (Lipinski definition) is 2. The smallest absolute Gasteiger partial charge is 0.308 e. The first-order valence-electron chi connectivity index (χ1n) is 6.66. The number of carboxylic acid groups (broad SMARTS) is 1. The first kappa shape index (κ1) is 16.4. The lowest BCUT2D eigenvalue weighted by Gasteiger charge is -2.40. The number of carbonyl (C=O) groups excluding carboxylic acids is 2. The van der Waals surface area contributed by atoms with Gasteiger partial charge in [0, 0.05) is 26.1 Å². The molecule has 0 aromatic rings. The number of amides is 2. The van der Waals surface area contributed by atoms with Crippen molar-refractivity contribution < 1.29 is 24.2 Å². The molecule has 0 bridgehead atoms. The molecule has 0 spiro atoms. The largest absolute Gasteiger partial charge is 0.481 e. The molecule has 1 aliphatic rings. The molecule has 2 amide bonds. The second-order valence-electron chi connectivity index (χ2n) is 5.15. The van der Waals surface area contributed by atoms with Crippen LogP contribution in [0.25, 0.3) is 0 Å². The maximum absolute atomic E-state index is 12.0. The Morgan fingerprint density at radius 3 is 2.65 bits per heavy atom. The van der Waals surface area contributed by atoms with Crippen LogP contribution < -0.4 is 5.32 Å². The van der Waals surface area contributed by atoms with E-state index in [4.69, 9.17) is 4.74 Å². The Morgan fingerprint density at radius 2 is 2.10 bits per heavy atom. The predicted molar refractivity (Wildman–Crippen MR) is 71.0 cm³/mol. The van der Waals surface area contributed by atoms with E-state index >= 15 is 0 Å². The van der Waals surface area contributed by atoms with Gasteiger partial charge < -0.3 is 20.1 Å². The first-order valence-corrected chi connectivity index (χ1v) is 6.66. The number of carbonyl (C=O) groups is 3. The Hall–Kier alpha value is -1.63. The van der Waals surface area contributed by atoms with E-state index in [1.54, 1.807) is 13.8 Å². The molecule has 0 aliphatic carbocycles. The predicted octanol–water partition coefficient (Wildman–Crippen LogP) is -0.293. The van der Waals surface area contributed by atoms with Crippen molar-refractivity contribution in [2.75, 3.05) is 26.8 Å². The summed E-state index contributed by atoms with van der Waals surface area (Å²) < 4.78 is 4.81. The van der Waals surface area contributed by atoms with E-state index in [0.717, 1.165) is 0 Å². The molecular formula is C13H22N2O5. The lowest BCUT2D eigenvalue weighted by Crippen LogP contribution is -2.55. The Labute approximate surface area is 118 Å². The van der Waals surface area contributed by atoms with Gasteiger partial charge in [-0.15, -0.1) is 0 Å². The third-order valence-corrected chi connectivity index (χ3v) is 3.67. The number of nitrogens with one attached hydrogen (secondary N) is 1. The van der Waals surface area contributed by atoms with E-state index in [0.29, 0.717) is 13.2 Å². The van der Waals surface area contributed by atoms with Crippen LogP contribution in [0.2, 0.25) is 0 Å². The number of hydrogen-bond acceptors (Lipinski definition) is 4. The van der Waals surface area contributed by atoms with E-state index in [1.807, 2.05) is 0 Å². The van der Waals surface area contributed by atoms with Crippen molar-refractivity contribution in [2.24, 2.45) is 11.8 Å². The summed E-state index contributed by atoms with van der Waals surface area (Å²) in [5.41, 5.74) is 0. The van der Waals surface area contributed by atoms with Crippen molar-refractivity contribution in [3.05, 3.63) is 0 Å². The SMILES string of the molecule is COCCNC(=O)CN1C(=O)CC(C)C(C(=O)O)C1C. The first-order chi connectivity index (χ1) is 9.38. The maximum atomic E-state index is 12.0. The van der Waals surface area contributed by atoms with Gasteiger partial charge in [0.2, 0.25) is 11.8 Å². The van der Waals surface area contributed by atoms with E-state index < -0.39 is 17.9 Å². The minimum Gasteiger partial charge on any atom is -0.481 e. The van der Waals surface area contributed by atoms with Crippen molar-refractivity contribution in [2.45, 2.75) is 26.3 Å². The fourth-order valence-corrected chi connectivity index (χ4v) is 2.60. The third kappa shape index (κ3) is 3.93. The zero-order valence-corrected chi connectivity index (χ0v) is 12.1. The number of piperidine rings is 1. The van der Waals surface area contributed by atoms with Gasteiger partial charge >= 0.3 is 5.97 Å². The number of aliphatic carboxylic acids is 1. The summed E-state index contributed by atoms with van der Waals surface area (Å²) in [6.45, 7) is 4.08. The summed E-state index contributed by atoms with van der Waals surface area (Å²) in [5, 5.41) is 11.9. The maximum Gasteiger partial charge on any atom is 0.308 e. The molecule has 1 aliphatic heterocycles. The second-order valence-corrected chi connectivity index (χ2v) is 5.15. The molecule has 1 rings (SSSR count). The number of likely N-dealkylation sites (tertiary alicyclic amines) is 1. The number of methoxy groups -OCH3 is 1. The minimum absolute atomic E-state index is 0.111. The summed E-state index contributed by atoms with van der Waals surface area (Å²) in [5.74, 6) is -2.27. The highest BCUT2D eigenvalue weighted by Crippen LogP contribution is 2.29. The molecule has 0 saturated carbocycles. The Kier molecular flexibility index (Phi) is 5.94. The topological polar surface area (TPSA) is 95.9 Å². The molecule has 7 nitrogen and oxygen atoms in total. The van der Waals surface area contributed by atoms with Gasteiger partial charge in [0.15, 0.2) is 0 Å². The summed E-state index contributed by atoms with van der Waals surface area (Å²) in [6.07, 6.45) is 0.159. The fraction of sp³-hybridized carbons (Fsp3) is 0.769. The van der Waals surface area contributed by atoms with Gasteiger partial charge in [-0.2, -0.15) is 0 Å². The van der Waals surface area contributed by atoms with Crippen LogP contribution >= 0.6 is 0 Å². The lowest BCUT2D eigenvalue weighted by atomic mass is 9.81. The van der Waals surface area contributed by atoms with Crippen LogP contribution in [0.4, 0.5) is 0 Å². The van der Waals surface area contributed by atoms with Crippen molar-refractivity contribution in [3.8, 4) is 0 Å². The molecule has 1 heterocycles. The van der Waals surface area contributed by atoms with Crippen molar-refractivity contribution in [1.82, 2.24) is 10.2 Å². The summed E-state index contributed by atoms with van der Waals surface area (Å²) in [6, 6.07) is -0.489. The van der Waals surface area contributed by atoms with Gasteiger partial charge in [-0.25, -0.2) is 0 Å². The standard InChI is InChI=1S/C13H22N2O5/c1-8-6-11(17)15(9(2)12(8)13(18)19)7-10(16)14-4-5-20-3/h8-9,12H,4-7H2,1-3H3,(H,14,16)(H,18,19). The van der Waals surface area contributed by atoms with E-state index in [1.165, 1.54) is 12.0 Å². The molecule has 2 N–H and O–H groups in total. The van der Waals surface area contributed by atoms with Gasteiger partial charge in [-0.05, 0) is 12.8 Å². The van der Waals surface area contributed by atoms with E-state index in [2.05, 4.69) is 5.32 Å². The molecule has 1 saturated heterocycles. The summed E-state index contributed by atoms with van der Waals surface area (Å²) in [7, 11) is 1.53. The van der Waals surface area contributed by atoms with E-state index in [-0.39, 0.29) is 30.7 Å². The second kappa shape index (κ2) is 7.23. The van der Waals surface area contributed by atoms with Gasteiger partial charge in [-0.1, -0.05) is 6.92 Å². The number of rotatable bonds is 6. The van der Waals surface area contributed by atoms with Crippen LogP contribution in [0, 0.1) is 11.8 Å². The normalized spacial score (nSPS) is 26.4. The highest BCUT2D eigenvalue weighted by molar-refractivity contribution is 5.87. The molecule has 3 unspecified atom stereocenters. The molecule has 0 aromatic heterocycles. The Bertz CT molecular complexity index is 385. The zero-order chi connectivity index (χ0) is 15.3. The Morgan fingerprint density at radius 1 is 1.45 bits per heavy atom. The summed E-state index contributed by atoms with van der Waals surface area (Å²) >= 11 is 0. The number of carboxylic acids is 1. The summed E-state index contributed by atoms with van der Waals surface area (Å²) in [4.78, 5) is 36.3. The van der Waals surface area contributed by atoms with Crippen LogP contribution in [-0.2, 0) is 19.1 Å². The van der Waals surface area contributed by atoms with Crippen LogP contribution in [0.5, 0.6) is 0 Å². The molecule has 20 heavy (non-hydrogen) atoms. The van der Waals surface area contributed by atoms with Crippen LogP contribution in [0.15, 0.2) is 0 Å². The third-order valence-electron chi connectivity index (χ3n) is 3.67. The lowest BCUT2D eigenvalue weighted by molar-refractivity contribution is -0.156. The monoisotopic (exact) mass is 286 g/mol. The molecule has 3 atom stereocenters. The molecule has 0 aromatic carbocycles. The quantitative estimate of drug-likeness (QED) is 0.654.